The molecule has 1 N–H and O–H groups in total. The van der Waals surface area contributed by atoms with Crippen molar-refractivity contribution in [3.8, 4) is 0 Å². The molecule has 1 aromatic carbocycles. The first-order valence-corrected chi connectivity index (χ1v) is 8.67. The van der Waals surface area contributed by atoms with Crippen LogP contribution in [-0.2, 0) is 19.0 Å². The molecule has 0 atom stereocenters. The van der Waals surface area contributed by atoms with Gasteiger partial charge in [0.15, 0.2) is 0 Å². The quantitative estimate of drug-likeness (QED) is 0.371. The molecule has 0 heterocycles. The van der Waals surface area contributed by atoms with E-state index < -0.39 is 5.97 Å². The van der Waals surface area contributed by atoms with E-state index in [0.29, 0.717) is 44.1 Å². The van der Waals surface area contributed by atoms with E-state index in [4.69, 9.17) is 14.2 Å². The van der Waals surface area contributed by atoms with Gasteiger partial charge < -0.3 is 19.5 Å². The maximum Gasteiger partial charge on any atom is 0.333 e. The summed E-state index contributed by atoms with van der Waals surface area (Å²) in [5, 5.41) is 2.86. The van der Waals surface area contributed by atoms with Crippen molar-refractivity contribution in [3.05, 3.63) is 46.5 Å². The SMILES string of the molecule is C=C(C)C(=O)OCCOCCOCCNC(=O)c1cc(C)cc(C)c1C.[HH]. The van der Waals surface area contributed by atoms with Crippen molar-refractivity contribution in [2.24, 2.45) is 0 Å². The number of rotatable bonds is 11. The van der Waals surface area contributed by atoms with Gasteiger partial charge >= 0.3 is 5.97 Å². The standard InChI is InChI=1S/C20H29NO5.H2/c1-14(2)20(23)26-11-10-25-9-8-24-7-6-21-19(22)18-13-15(3)12-16(4)17(18)5;/h12-13H,1,6-11H2,2-5H3,(H,21,22);1H. The van der Waals surface area contributed by atoms with E-state index in [1.807, 2.05) is 26.8 Å². The van der Waals surface area contributed by atoms with Gasteiger partial charge in [-0.05, 0) is 44.9 Å². The van der Waals surface area contributed by atoms with Crippen LogP contribution in [0.5, 0.6) is 0 Å². The number of amides is 1. The third kappa shape index (κ3) is 7.80. The van der Waals surface area contributed by atoms with Gasteiger partial charge in [0, 0.05) is 19.1 Å². The third-order valence-corrected chi connectivity index (χ3v) is 3.77. The van der Waals surface area contributed by atoms with E-state index in [-0.39, 0.29) is 13.9 Å². The van der Waals surface area contributed by atoms with Gasteiger partial charge in [0.1, 0.15) is 6.61 Å². The van der Waals surface area contributed by atoms with Crippen molar-refractivity contribution in [1.29, 1.82) is 0 Å². The lowest BCUT2D eigenvalue weighted by Gasteiger charge is -2.11. The summed E-state index contributed by atoms with van der Waals surface area (Å²) in [6, 6.07) is 3.96. The molecule has 0 saturated heterocycles. The second-order valence-electron chi connectivity index (χ2n) is 6.15. The van der Waals surface area contributed by atoms with Crippen molar-refractivity contribution >= 4 is 11.9 Å². The second kappa shape index (κ2) is 11.4. The Balaban J connectivity index is 0.00000676. The van der Waals surface area contributed by atoms with Crippen LogP contribution in [0.1, 0.15) is 35.4 Å². The van der Waals surface area contributed by atoms with Crippen LogP contribution in [0.15, 0.2) is 24.3 Å². The molecule has 0 radical (unpaired) electrons. The monoisotopic (exact) mass is 365 g/mol. The predicted octanol–water partition coefficient (Wildman–Crippen LogP) is 2.74. The zero-order chi connectivity index (χ0) is 19.5. The van der Waals surface area contributed by atoms with Gasteiger partial charge in [0.25, 0.3) is 5.91 Å². The lowest BCUT2D eigenvalue weighted by Crippen LogP contribution is -2.28. The van der Waals surface area contributed by atoms with Gasteiger partial charge in [0.2, 0.25) is 0 Å². The molecule has 0 saturated carbocycles. The van der Waals surface area contributed by atoms with Crippen LogP contribution in [0.4, 0.5) is 0 Å². The van der Waals surface area contributed by atoms with Gasteiger partial charge in [-0.1, -0.05) is 18.2 Å². The van der Waals surface area contributed by atoms with E-state index in [9.17, 15) is 9.59 Å². The van der Waals surface area contributed by atoms with Crippen molar-refractivity contribution in [1.82, 2.24) is 5.32 Å². The second-order valence-corrected chi connectivity index (χ2v) is 6.15. The Morgan fingerprint density at radius 3 is 2.31 bits per heavy atom. The van der Waals surface area contributed by atoms with Gasteiger partial charge in [-0.3, -0.25) is 4.79 Å². The highest BCUT2D eigenvalue weighted by Crippen LogP contribution is 2.15. The molecule has 0 aliphatic rings. The summed E-state index contributed by atoms with van der Waals surface area (Å²) < 4.78 is 15.6. The van der Waals surface area contributed by atoms with E-state index in [2.05, 4.69) is 18.0 Å². The van der Waals surface area contributed by atoms with E-state index >= 15 is 0 Å². The average Bonchev–Trinajstić information content (AvgIpc) is 2.59. The minimum Gasteiger partial charge on any atom is -0.460 e. The number of hydrogen-bond acceptors (Lipinski definition) is 5. The molecule has 6 heteroatoms. The molecule has 1 amide bonds. The number of benzene rings is 1. The Morgan fingerprint density at radius 2 is 1.65 bits per heavy atom. The van der Waals surface area contributed by atoms with Crippen molar-refractivity contribution in [2.45, 2.75) is 27.7 Å². The highest BCUT2D eigenvalue weighted by atomic mass is 16.6. The van der Waals surface area contributed by atoms with Gasteiger partial charge in [-0.15, -0.1) is 0 Å². The van der Waals surface area contributed by atoms with Crippen LogP contribution in [0.2, 0.25) is 0 Å². The average molecular weight is 365 g/mol. The Hall–Kier alpha value is -2.18. The maximum absolute atomic E-state index is 12.2. The fraction of sp³-hybridized carbons (Fsp3) is 0.500. The molecule has 0 fully saturated rings. The molecule has 0 bridgehead atoms. The van der Waals surface area contributed by atoms with E-state index in [1.165, 1.54) is 0 Å². The van der Waals surface area contributed by atoms with Crippen molar-refractivity contribution in [3.63, 3.8) is 0 Å². The van der Waals surface area contributed by atoms with Crippen LogP contribution in [0.3, 0.4) is 0 Å². The topological polar surface area (TPSA) is 73.9 Å². The van der Waals surface area contributed by atoms with Crippen LogP contribution in [0, 0.1) is 20.8 Å². The Labute approximate surface area is 157 Å². The molecule has 0 aromatic heterocycles. The zero-order valence-electron chi connectivity index (χ0n) is 16.1. The molecular weight excluding hydrogens is 334 g/mol. The first-order valence-electron chi connectivity index (χ1n) is 8.67. The molecule has 0 unspecified atom stereocenters. The molecule has 0 aliphatic heterocycles. The van der Waals surface area contributed by atoms with E-state index in [1.54, 1.807) is 6.92 Å². The fourth-order valence-electron chi connectivity index (χ4n) is 2.25. The van der Waals surface area contributed by atoms with Crippen LogP contribution in [-0.4, -0.2) is 51.5 Å². The summed E-state index contributed by atoms with van der Waals surface area (Å²) in [5.41, 5.74) is 4.24. The first-order chi connectivity index (χ1) is 12.3. The van der Waals surface area contributed by atoms with Gasteiger partial charge in [-0.2, -0.15) is 0 Å². The highest BCUT2D eigenvalue weighted by Gasteiger charge is 2.10. The minimum absolute atomic E-state index is 0. The van der Waals surface area contributed by atoms with Crippen molar-refractivity contribution < 1.29 is 25.2 Å². The normalized spacial score (nSPS) is 10.5. The summed E-state index contributed by atoms with van der Waals surface area (Å²) >= 11 is 0. The maximum atomic E-state index is 12.2. The zero-order valence-corrected chi connectivity index (χ0v) is 16.1. The highest BCUT2D eigenvalue weighted by molar-refractivity contribution is 5.96. The third-order valence-electron chi connectivity index (χ3n) is 3.77. The van der Waals surface area contributed by atoms with Crippen LogP contribution >= 0.6 is 0 Å². The molecular formula is C20H31NO5. The Bertz CT molecular complexity index is 646. The molecule has 1 aromatic rings. The van der Waals surface area contributed by atoms with Crippen LogP contribution < -0.4 is 5.32 Å². The summed E-state index contributed by atoms with van der Waals surface area (Å²) in [6.07, 6.45) is 0. The van der Waals surface area contributed by atoms with Crippen LogP contribution in [0.25, 0.3) is 0 Å². The number of ether oxygens (including phenoxy) is 3. The Morgan fingerprint density at radius 1 is 1.04 bits per heavy atom. The summed E-state index contributed by atoms with van der Waals surface area (Å²) in [4.78, 5) is 23.4. The lowest BCUT2D eigenvalue weighted by atomic mass is 10.00. The van der Waals surface area contributed by atoms with Crippen molar-refractivity contribution in [2.75, 3.05) is 39.6 Å². The summed E-state index contributed by atoms with van der Waals surface area (Å²) in [6.45, 7) is 13.2. The molecule has 0 spiro atoms. The molecule has 1 rings (SSSR count). The van der Waals surface area contributed by atoms with Gasteiger partial charge in [0.05, 0.1) is 26.4 Å². The number of nitrogens with one attached hydrogen (secondary N) is 1. The van der Waals surface area contributed by atoms with E-state index in [0.717, 1.165) is 16.7 Å². The van der Waals surface area contributed by atoms with Gasteiger partial charge in [-0.25, -0.2) is 4.79 Å². The molecule has 6 nitrogen and oxygen atoms in total. The summed E-state index contributed by atoms with van der Waals surface area (Å²) in [7, 11) is 0. The predicted molar refractivity (Wildman–Crippen MR) is 103 cm³/mol. The number of aryl methyl sites for hydroxylation is 2. The smallest absolute Gasteiger partial charge is 0.333 e. The molecule has 146 valence electrons. The largest absolute Gasteiger partial charge is 0.460 e. The number of carbonyl (C=O) groups is 2. The molecule has 26 heavy (non-hydrogen) atoms. The minimum atomic E-state index is -0.417. The fourth-order valence-corrected chi connectivity index (χ4v) is 2.25. The first kappa shape index (κ1) is 21.9. The Kier molecular flexibility index (Phi) is 9.62. The number of esters is 1. The molecule has 0 aliphatic carbocycles. The lowest BCUT2D eigenvalue weighted by molar-refractivity contribution is -0.140. The number of hydrogen-bond donors (Lipinski definition) is 1. The number of carbonyl (C=O) groups excluding carboxylic acids is 2. The summed E-state index contributed by atoms with van der Waals surface area (Å²) in [5.74, 6) is -0.506.